The number of halogens is 3. The maximum Gasteiger partial charge on any atom is 0.387 e. The smallest absolute Gasteiger partial charge is 0.387 e. The van der Waals surface area contributed by atoms with Crippen molar-refractivity contribution < 1.29 is 23.0 Å². The van der Waals surface area contributed by atoms with Gasteiger partial charge in [0.1, 0.15) is 5.75 Å². The minimum atomic E-state index is -2.96. The monoisotopic (exact) mass is 334 g/mol. The van der Waals surface area contributed by atoms with E-state index in [2.05, 4.69) is 10.1 Å². The van der Waals surface area contributed by atoms with Gasteiger partial charge in [-0.25, -0.2) is 0 Å². The highest BCUT2D eigenvalue weighted by molar-refractivity contribution is 6.32. The second kappa shape index (κ2) is 7.71. The van der Waals surface area contributed by atoms with Crippen LogP contribution in [0.5, 0.6) is 5.75 Å². The van der Waals surface area contributed by atoms with Gasteiger partial charge < -0.3 is 20.5 Å². The first kappa shape index (κ1) is 16.9. The van der Waals surface area contributed by atoms with E-state index in [0.717, 1.165) is 12.8 Å². The molecule has 1 aromatic rings. The fourth-order valence-electron chi connectivity index (χ4n) is 2.28. The van der Waals surface area contributed by atoms with Crippen LogP contribution >= 0.6 is 11.6 Å². The number of nitrogens with two attached hydrogens (primary N) is 1. The van der Waals surface area contributed by atoms with E-state index in [-0.39, 0.29) is 22.6 Å². The Labute approximate surface area is 131 Å². The number of anilines is 1. The van der Waals surface area contributed by atoms with Crippen LogP contribution in [-0.2, 0) is 9.53 Å². The van der Waals surface area contributed by atoms with E-state index in [1.807, 2.05) is 0 Å². The van der Waals surface area contributed by atoms with Crippen molar-refractivity contribution >= 4 is 23.2 Å². The van der Waals surface area contributed by atoms with Gasteiger partial charge in [-0.2, -0.15) is 8.78 Å². The highest BCUT2D eigenvalue weighted by Gasteiger charge is 2.26. The molecular weight excluding hydrogens is 318 g/mol. The van der Waals surface area contributed by atoms with E-state index in [0.29, 0.717) is 18.9 Å². The quantitative estimate of drug-likeness (QED) is 0.868. The maximum atomic E-state index is 12.1. The lowest BCUT2D eigenvalue weighted by Gasteiger charge is -2.26. The summed E-state index contributed by atoms with van der Waals surface area (Å²) in [5, 5.41) is 2.61. The van der Waals surface area contributed by atoms with Crippen LogP contribution in [0.4, 0.5) is 14.5 Å². The molecular formula is C14H17ClF2N2O3. The predicted molar refractivity (Wildman–Crippen MR) is 78.2 cm³/mol. The van der Waals surface area contributed by atoms with E-state index in [9.17, 15) is 13.6 Å². The Kier molecular flexibility index (Phi) is 5.93. The Morgan fingerprint density at radius 3 is 2.68 bits per heavy atom. The molecule has 22 heavy (non-hydrogen) atoms. The number of carbonyl (C=O) groups is 1. The van der Waals surface area contributed by atoms with Crippen molar-refractivity contribution in [2.45, 2.75) is 25.5 Å². The zero-order valence-corrected chi connectivity index (χ0v) is 12.5. The molecule has 1 fully saturated rings. The lowest BCUT2D eigenvalue weighted by molar-refractivity contribution is -0.119. The van der Waals surface area contributed by atoms with Crippen molar-refractivity contribution in [3.63, 3.8) is 0 Å². The summed E-state index contributed by atoms with van der Waals surface area (Å²) in [5.41, 5.74) is 6.32. The lowest BCUT2D eigenvalue weighted by Crippen LogP contribution is -2.44. The molecule has 1 atom stereocenters. The molecule has 0 spiro atoms. The number of nitrogens with one attached hydrogen (secondary N) is 1. The average Bonchev–Trinajstić information content (AvgIpc) is 2.49. The zero-order valence-electron chi connectivity index (χ0n) is 11.7. The number of ether oxygens (including phenoxy) is 2. The molecule has 1 aromatic carbocycles. The van der Waals surface area contributed by atoms with E-state index in [1.165, 1.54) is 18.2 Å². The molecule has 1 heterocycles. The summed E-state index contributed by atoms with van der Waals surface area (Å²) in [6, 6.07) is 3.38. The summed E-state index contributed by atoms with van der Waals surface area (Å²) in [4.78, 5) is 12.1. The third-order valence-electron chi connectivity index (χ3n) is 3.49. The van der Waals surface area contributed by atoms with Crippen molar-refractivity contribution in [1.29, 1.82) is 0 Å². The zero-order chi connectivity index (χ0) is 16.1. The molecule has 0 bridgehead atoms. The van der Waals surface area contributed by atoms with Gasteiger partial charge in [-0.15, -0.1) is 0 Å². The maximum absolute atomic E-state index is 12.1. The molecule has 5 nitrogen and oxygen atoms in total. The third kappa shape index (κ3) is 4.53. The van der Waals surface area contributed by atoms with Gasteiger partial charge >= 0.3 is 6.61 Å². The minimum absolute atomic E-state index is 0.0160. The van der Waals surface area contributed by atoms with Crippen LogP contribution in [0.2, 0.25) is 5.02 Å². The van der Waals surface area contributed by atoms with Crippen molar-refractivity contribution in [1.82, 2.24) is 0 Å². The highest BCUT2D eigenvalue weighted by Crippen LogP contribution is 2.29. The number of rotatable bonds is 5. The lowest BCUT2D eigenvalue weighted by atomic mass is 9.92. The molecule has 1 aliphatic rings. The number of hydrogen-bond acceptors (Lipinski definition) is 4. The van der Waals surface area contributed by atoms with Gasteiger partial charge in [0.15, 0.2) is 0 Å². The third-order valence-corrected chi connectivity index (χ3v) is 3.79. The number of benzene rings is 1. The Morgan fingerprint density at radius 2 is 2.09 bits per heavy atom. The molecule has 1 saturated heterocycles. The van der Waals surface area contributed by atoms with Crippen LogP contribution in [0, 0.1) is 5.92 Å². The second-order valence-electron chi connectivity index (χ2n) is 4.99. The van der Waals surface area contributed by atoms with Crippen LogP contribution in [0.1, 0.15) is 12.8 Å². The first-order valence-electron chi connectivity index (χ1n) is 6.86. The Bertz CT molecular complexity index is 525. The molecule has 0 saturated carbocycles. The summed E-state index contributed by atoms with van der Waals surface area (Å²) in [7, 11) is 0. The van der Waals surface area contributed by atoms with Gasteiger partial charge in [-0.1, -0.05) is 11.6 Å². The first-order chi connectivity index (χ1) is 10.5. The molecule has 1 unspecified atom stereocenters. The van der Waals surface area contributed by atoms with E-state index in [4.69, 9.17) is 22.1 Å². The van der Waals surface area contributed by atoms with Crippen LogP contribution in [0.25, 0.3) is 0 Å². The molecule has 3 N–H and O–H groups in total. The van der Waals surface area contributed by atoms with Gasteiger partial charge in [-0.05, 0) is 37.0 Å². The summed E-state index contributed by atoms with van der Waals surface area (Å²) in [6.45, 7) is -1.77. The van der Waals surface area contributed by atoms with Gasteiger partial charge in [-0.3, -0.25) is 4.79 Å². The normalized spacial score (nSPS) is 17.3. The second-order valence-corrected chi connectivity index (χ2v) is 5.40. The molecule has 0 aliphatic carbocycles. The van der Waals surface area contributed by atoms with E-state index in [1.54, 1.807) is 0 Å². The van der Waals surface area contributed by atoms with Crippen LogP contribution in [0.3, 0.4) is 0 Å². The predicted octanol–water partition coefficient (Wildman–Crippen LogP) is 2.63. The largest absolute Gasteiger partial charge is 0.433 e. The number of alkyl halides is 2. The number of carbonyl (C=O) groups excluding carboxylic acids is 1. The van der Waals surface area contributed by atoms with Crippen LogP contribution in [-0.4, -0.2) is 31.8 Å². The highest BCUT2D eigenvalue weighted by atomic mass is 35.5. The van der Waals surface area contributed by atoms with Crippen molar-refractivity contribution in [3.05, 3.63) is 23.2 Å². The first-order valence-corrected chi connectivity index (χ1v) is 7.23. The summed E-state index contributed by atoms with van der Waals surface area (Å²) in [5.74, 6) is -0.431. The van der Waals surface area contributed by atoms with Gasteiger partial charge in [0.2, 0.25) is 5.91 Å². The molecule has 0 radical (unpaired) electrons. The molecule has 122 valence electrons. The average molecular weight is 335 g/mol. The molecule has 8 heteroatoms. The number of amides is 1. The minimum Gasteiger partial charge on any atom is -0.433 e. The van der Waals surface area contributed by atoms with Gasteiger partial charge in [0, 0.05) is 18.9 Å². The molecule has 1 amide bonds. The SMILES string of the molecule is NC(C(=O)Nc1ccc(OC(F)F)c(Cl)c1)C1CCOCC1. The summed E-state index contributed by atoms with van der Waals surface area (Å²) < 4.78 is 33.8. The summed E-state index contributed by atoms with van der Waals surface area (Å²) >= 11 is 5.83. The van der Waals surface area contributed by atoms with Crippen molar-refractivity contribution in [2.75, 3.05) is 18.5 Å². The van der Waals surface area contributed by atoms with Crippen molar-refractivity contribution in [3.8, 4) is 5.75 Å². The van der Waals surface area contributed by atoms with Crippen molar-refractivity contribution in [2.24, 2.45) is 11.7 Å². The van der Waals surface area contributed by atoms with E-state index >= 15 is 0 Å². The molecule has 0 aromatic heterocycles. The molecule has 2 rings (SSSR count). The van der Waals surface area contributed by atoms with Gasteiger partial charge in [0.05, 0.1) is 11.1 Å². The van der Waals surface area contributed by atoms with Gasteiger partial charge in [0.25, 0.3) is 0 Å². The standard InChI is InChI=1S/C14H17ClF2N2O3/c15-10-7-9(1-2-11(10)22-14(16)17)19-13(20)12(18)8-3-5-21-6-4-8/h1-2,7-8,12,14H,3-6,18H2,(H,19,20). The summed E-state index contributed by atoms with van der Waals surface area (Å²) in [6.07, 6.45) is 1.47. The Morgan fingerprint density at radius 1 is 1.41 bits per heavy atom. The number of hydrogen-bond donors (Lipinski definition) is 2. The fraction of sp³-hybridized carbons (Fsp3) is 0.500. The topological polar surface area (TPSA) is 73.6 Å². The molecule has 1 aliphatic heterocycles. The van der Waals surface area contributed by atoms with Crippen LogP contribution < -0.4 is 15.8 Å². The Balaban J connectivity index is 1.97. The van der Waals surface area contributed by atoms with Crippen LogP contribution in [0.15, 0.2) is 18.2 Å². The fourth-order valence-corrected chi connectivity index (χ4v) is 2.51. The van der Waals surface area contributed by atoms with E-state index < -0.39 is 12.7 Å². The Hall–Kier alpha value is -1.44.